The van der Waals surface area contributed by atoms with Gasteiger partial charge in [0.15, 0.2) is 0 Å². The summed E-state index contributed by atoms with van der Waals surface area (Å²) >= 11 is 0. The van der Waals surface area contributed by atoms with E-state index < -0.39 is 6.36 Å². The quantitative estimate of drug-likeness (QED) is 0.201. The lowest BCUT2D eigenvalue weighted by atomic mass is 10.1. The number of alkyl halides is 3. The fourth-order valence-corrected chi connectivity index (χ4v) is 3.99. The summed E-state index contributed by atoms with van der Waals surface area (Å²) in [5.41, 5.74) is 3.14. The van der Waals surface area contributed by atoms with Crippen molar-refractivity contribution in [2.75, 3.05) is 40.1 Å². The third kappa shape index (κ3) is 8.94. The third-order valence-corrected chi connectivity index (χ3v) is 5.78. The fraction of sp³-hybridized carbons (Fsp3) is 0.423. The van der Waals surface area contributed by atoms with Gasteiger partial charge in [-0.1, -0.05) is 6.07 Å². The predicted octanol–water partition coefficient (Wildman–Crippen LogP) is 4.20. The highest BCUT2D eigenvalue weighted by molar-refractivity contribution is 5.86. The van der Waals surface area contributed by atoms with Gasteiger partial charge in [0, 0.05) is 26.3 Å². The van der Waals surface area contributed by atoms with E-state index in [0.29, 0.717) is 51.7 Å². The van der Waals surface area contributed by atoms with Gasteiger partial charge in [-0.15, -0.1) is 23.4 Å². The highest BCUT2D eigenvalue weighted by Crippen LogP contribution is 2.28. The number of methoxy groups -OCH3 is 1. The zero-order valence-electron chi connectivity index (χ0n) is 21.5. The van der Waals surface area contributed by atoms with Crippen LogP contribution >= 0.6 is 0 Å². The second kappa shape index (κ2) is 13.9. The van der Waals surface area contributed by atoms with Gasteiger partial charge in [-0.05, 0) is 55.1 Å². The molecule has 0 spiro atoms. The molecule has 4 aromatic rings. The van der Waals surface area contributed by atoms with Crippen LogP contribution in [-0.4, -0.2) is 71.4 Å². The molecule has 0 atom stereocenters. The SMILES string of the molecule is COCCc1cc(CNCCCCOCCOc2cc(-n3cnnc3)cc3[nH]ncc23)cc(OC(F)(F)F)c1. The summed E-state index contributed by atoms with van der Waals surface area (Å²) in [6, 6.07) is 8.49. The molecule has 2 N–H and O–H groups in total. The average molecular weight is 549 g/mol. The second-order valence-electron chi connectivity index (χ2n) is 8.76. The maximum absolute atomic E-state index is 12.7. The van der Waals surface area contributed by atoms with Crippen LogP contribution in [0.3, 0.4) is 0 Å². The maximum atomic E-state index is 12.7. The number of aromatic nitrogens is 5. The van der Waals surface area contributed by atoms with Crippen molar-refractivity contribution >= 4 is 10.9 Å². The number of hydrogen-bond acceptors (Lipinski definition) is 8. The van der Waals surface area contributed by atoms with E-state index in [0.717, 1.165) is 40.6 Å². The van der Waals surface area contributed by atoms with Crippen molar-refractivity contribution in [3.63, 3.8) is 0 Å². The van der Waals surface area contributed by atoms with Crippen LogP contribution in [0.2, 0.25) is 0 Å². The molecule has 0 saturated carbocycles. The normalized spacial score (nSPS) is 11.8. The van der Waals surface area contributed by atoms with Crippen LogP contribution in [-0.2, 0) is 22.4 Å². The Balaban J connectivity index is 1.14. The van der Waals surface area contributed by atoms with Crippen LogP contribution in [0.1, 0.15) is 24.0 Å². The Hall–Kier alpha value is -3.68. The molecule has 10 nitrogen and oxygen atoms in total. The molecule has 2 heterocycles. The number of rotatable bonds is 16. The monoisotopic (exact) mass is 548 g/mol. The third-order valence-electron chi connectivity index (χ3n) is 5.78. The number of unbranched alkanes of at least 4 members (excludes halogenated alkanes) is 1. The molecule has 0 aliphatic rings. The van der Waals surface area contributed by atoms with E-state index in [9.17, 15) is 13.2 Å². The van der Waals surface area contributed by atoms with E-state index in [-0.39, 0.29) is 5.75 Å². The molecule has 13 heteroatoms. The summed E-state index contributed by atoms with van der Waals surface area (Å²) in [6.45, 7) is 2.93. The van der Waals surface area contributed by atoms with E-state index in [4.69, 9.17) is 14.2 Å². The number of fused-ring (bicyclic) bond motifs is 1. The molecular formula is C26H31F3N6O4. The summed E-state index contributed by atoms with van der Waals surface area (Å²) in [4.78, 5) is 0. The highest BCUT2D eigenvalue weighted by atomic mass is 19.4. The van der Waals surface area contributed by atoms with Crippen LogP contribution in [0.4, 0.5) is 13.2 Å². The van der Waals surface area contributed by atoms with Gasteiger partial charge in [-0.25, -0.2) is 0 Å². The summed E-state index contributed by atoms with van der Waals surface area (Å²) in [6.07, 6.45) is 2.39. The Morgan fingerprint density at radius 3 is 2.56 bits per heavy atom. The minimum atomic E-state index is -4.73. The topological polar surface area (TPSA) is 108 Å². The summed E-state index contributed by atoms with van der Waals surface area (Å²) in [5.74, 6) is 0.468. The van der Waals surface area contributed by atoms with Gasteiger partial charge in [-0.3, -0.25) is 9.67 Å². The lowest BCUT2D eigenvalue weighted by molar-refractivity contribution is -0.274. The lowest BCUT2D eigenvalue weighted by Gasteiger charge is -2.13. The number of ether oxygens (including phenoxy) is 4. The first-order valence-electron chi connectivity index (χ1n) is 12.5. The maximum Gasteiger partial charge on any atom is 0.573 e. The van der Waals surface area contributed by atoms with E-state index in [2.05, 4.69) is 30.4 Å². The number of nitrogens with zero attached hydrogens (tertiary/aromatic N) is 4. The van der Waals surface area contributed by atoms with Gasteiger partial charge in [-0.2, -0.15) is 5.10 Å². The Bertz CT molecular complexity index is 1300. The zero-order chi connectivity index (χ0) is 27.5. The molecule has 0 unspecified atom stereocenters. The van der Waals surface area contributed by atoms with Crippen LogP contribution in [0.5, 0.6) is 11.5 Å². The highest BCUT2D eigenvalue weighted by Gasteiger charge is 2.31. The number of halogens is 3. The first-order valence-corrected chi connectivity index (χ1v) is 12.5. The van der Waals surface area contributed by atoms with Gasteiger partial charge in [0.2, 0.25) is 0 Å². The Kier molecular flexibility index (Phi) is 10.1. The molecule has 0 radical (unpaired) electrons. The molecule has 2 aromatic heterocycles. The second-order valence-corrected chi connectivity index (χ2v) is 8.76. The van der Waals surface area contributed by atoms with E-state index >= 15 is 0 Å². The molecule has 2 aromatic carbocycles. The number of H-pyrrole nitrogens is 1. The van der Waals surface area contributed by atoms with E-state index in [1.165, 1.54) is 12.1 Å². The Morgan fingerprint density at radius 1 is 0.949 bits per heavy atom. The minimum absolute atomic E-state index is 0.220. The summed E-state index contributed by atoms with van der Waals surface area (Å²) in [7, 11) is 1.55. The molecule has 0 aliphatic heterocycles. The molecule has 4 rings (SSSR count). The van der Waals surface area contributed by atoms with Gasteiger partial charge in [0.25, 0.3) is 0 Å². The zero-order valence-corrected chi connectivity index (χ0v) is 21.5. The molecular weight excluding hydrogens is 517 g/mol. The van der Waals surface area contributed by atoms with Gasteiger partial charge >= 0.3 is 6.36 Å². The first-order chi connectivity index (χ1) is 18.9. The molecule has 0 amide bonds. The summed E-state index contributed by atoms with van der Waals surface area (Å²) < 4.78 is 60.6. The molecule has 0 fully saturated rings. The predicted molar refractivity (Wildman–Crippen MR) is 137 cm³/mol. The average Bonchev–Trinajstić information content (AvgIpc) is 3.60. The van der Waals surface area contributed by atoms with Gasteiger partial charge in [0.05, 0.1) is 36.0 Å². The Morgan fingerprint density at radius 2 is 1.77 bits per heavy atom. The fourth-order valence-electron chi connectivity index (χ4n) is 3.99. The smallest absolute Gasteiger partial charge is 0.490 e. The van der Waals surface area contributed by atoms with Crippen molar-refractivity contribution in [1.82, 2.24) is 30.3 Å². The van der Waals surface area contributed by atoms with Crippen molar-refractivity contribution in [2.24, 2.45) is 0 Å². The van der Waals surface area contributed by atoms with E-state index in [1.54, 1.807) is 30.5 Å². The van der Waals surface area contributed by atoms with Crippen LogP contribution in [0.15, 0.2) is 49.2 Å². The minimum Gasteiger partial charge on any atom is -0.490 e. The first kappa shape index (κ1) is 28.3. The van der Waals surface area contributed by atoms with E-state index in [1.807, 2.05) is 18.2 Å². The Labute approximate surface area is 223 Å². The van der Waals surface area contributed by atoms with Crippen molar-refractivity contribution in [2.45, 2.75) is 32.2 Å². The van der Waals surface area contributed by atoms with Crippen molar-refractivity contribution in [1.29, 1.82) is 0 Å². The molecule has 0 saturated heterocycles. The van der Waals surface area contributed by atoms with Crippen molar-refractivity contribution < 1.29 is 32.1 Å². The molecule has 0 aliphatic carbocycles. The van der Waals surface area contributed by atoms with Gasteiger partial charge < -0.3 is 24.3 Å². The number of nitrogens with one attached hydrogen (secondary N) is 2. The number of benzene rings is 2. The largest absolute Gasteiger partial charge is 0.573 e. The van der Waals surface area contributed by atoms with Crippen molar-refractivity contribution in [3.8, 4) is 17.2 Å². The van der Waals surface area contributed by atoms with Gasteiger partial charge in [0.1, 0.15) is 30.8 Å². The van der Waals surface area contributed by atoms with Crippen LogP contribution < -0.4 is 14.8 Å². The van der Waals surface area contributed by atoms with Crippen LogP contribution in [0, 0.1) is 0 Å². The molecule has 210 valence electrons. The molecule has 39 heavy (non-hydrogen) atoms. The van der Waals surface area contributed by atoms with Crippen LogP contribution in [0.25, 0.3) is 16.6 Å². The number of aromatic amines is 1. The standard InChI is InChI=1S/C26H31F3N6O4/c1-36-7-4-19-10-20(12-22(11-19)39-26(27,28)29)15-30-5-2-3-6-37-8-9-38-25-14-21(35-17-32-33-18-35)13-24-23(25)16-31-34-24/h10-14,16-18,30H,2-9,15H2,1H3,(H,31,34). The number of hydrogen-bond donors (Lipinski definition) is 2. The summed E-state index contributed by atoms with van der Waals surface area (Å²) in [5, 5.41) is 18.9. The lowest BCUT2D eigenvalue weighted by Crippen LogP contribution is -2.18. The van der Waals surface area contributed by atoms with Crippen molar-refractivity contribution in [3.05, 3.63) is 60.3 Å². The molecule has 0 bridgehead atoms.